The molecule has 1 fully saturated rings. The maximum Gasteiger partial charge on any atom is 0.411 e. The number of aryl methyl sites for hydroxylation is 2. The summed E-state index contributed by atoms with van der Waals surface area (Å²) in [6.45, 7) is 9.60. The van der Waals surface area contributed by atoms with Crippen molar-refractivity contribution in [2.75, 3.05) is 6.54 Å². The fraction of sp³-hybridized carbons (Fsp3) is 0.522. The Hall–Kier alpha value is -2.83. The highest BCUT2D eigenvalue weighted by molar-refractivity contribution is 5.88. The Kier molecular flexibility index (Phi) is 6.19. The first-order chi connectivity index (χ1) is 14.1. The molecule has 1 aromatic carbocycles. The molecule has 2 heterocycles. The first kappa shape index (κ1) is 21.9. The van der Waals surface area contributed by atoms with Crippen molar-refractivity contribution in [2.45, 2.75) is 71.9 Å². The van der Waals surface area contributed by atoms with Gasteiger partial charge in [-0.2, -0.15) is 0 Å². The average Bonchev–Trinajstić information content (AvgIpc) is 3.13. The number of esters is 1. The van der Waals surface area contributed by atoms with Gasteiger partial charge in [0.15, 0.2) is 0 Å². The van der Waals surface area contributed by atoms with Crippen LogP contribution in [0.1, 0.15) is 58.1 Å². The SMILES string of the molecule is CCCc1cc(=O)oc2c(C)c(OC(=O)C3CCCN3C(=O)OC(C)(C)C)ccc12. The highest BCUT2D eigenvalue weighted by atomic mass is 16.6. The Morgan fingerprint density at radius 1 is 1.27 bits per heavy atom. The Balaban J connectivity index is 1.85. The van der Waals surface area contributed by atoms with Crippen molar-refractivity contribution in [2.24, 2.45) is 0 Å². The van der Waals surface area contributed by atoms with Crippen molar-refractivity contribution in [3.63, 3.8) is 0 Å². The van der Waals surface area contributed by atoms with Crippen LogP contribution < -0.4 is 10.4 Å². The average molecular weight is 415 g/mol. The lowest BCUT2D eigenvalue weighted by molar-refractivity contribution is -0.139. The van der Waals surface area contributed by atoms with Crippen LogP contribution in [0.2, 0.25) is 0 Å². The number of rotatable bonds is 4. The molecule has 0 N–H and O–H groups in total. The number of benzene rings is 1. The number of hydrogen-bond donors (Lipinski definition) is 0. The van der Waals surface area contributed by atoms with E-state index >= 15 is 0 Å². The number of carbonyl (C=O) groups is 2. The van der Waals surface area contributed by atoms with Crippen molar-refractivity contribution in [3.8, 4) is 5.75 Å². The smallest absolute Gasteiger partial charge is 0.411 e. The van der Waals surface area contributed by atoms with Gasteiger partial charge in [-0.15, -0.1) is 0 Å². The molecule has 1 unspecified atom stereocenters. The van der Waals surface area contributed by atoms with Crippen LogP contribution >= 0.6 is 0 Å². The molecule has 0 spiro atoms. The summed E-state index contributed by atoms with van der Waals surface area (Å²) in [6.07, 6.45) is 2.35. The zero-order valence-corrected chi connectivity index (χ0v) is 18.2. The maximum absolute atomic E-state index is 12.9. The van der Waals surface area contributed by atoms with E-state index in [9.17, 15) is 14.4 Å². The molecule has 1 atom stereocenters. The zero-order chi connectivity index (χ0) is 22.1. The van der Waals surface area contributed by atoms with E-state index in [2.05, 4.69) is 0 Å². The summed E-state index contributed by atoms with van der Waals surface area (Å²) < 4.78 is 16.5. The molecule has 7 nitrogen and oxygen atoms in total. The largest absolute Gasteiger partial charge is 0.444 e. The number of ether oxygens (including phenoxy) is 2. The van der Waals surface area contributed by atoms with Crippen molar-refractivity contribution < 1.29 is 23.5 Å². The number of hydrogen-bond acceptors (Lipinski definition) is 6. The number of amides is 1. The first-order valence-corrected chi connectivity index (χ1v) is 10.4. The summed E-state index contributed by atoms with van der Waals surface area (Å²) in [6, 6.07) is 4.32. The van der Waals surface area contributed by atoms with E-state index in [0.717, 1.165) is 23.8 Å². The van der Waals surface area contributed by atoms with Gasteiger partial charge in [-0.05, 0) is 64.7 Å². The van der Waals surface area contributed by atoms with Crippen molar-refractivity contribution in [1.29, 1.82) is 0 Å². The van der Waals surface area contributed by atoms with Crippen molar-refractivity contribution >= 4 is 23.0 Å². The third-order valence-corrected chi connectivity index (χ3v) is 5.08. The van der Waals surface area contributed by atoms with E-state index in [4.69, 9.17) is 13.9 Å². The molecule has 1 aromatic heterocycles. The predicted molar refractivity (Wildman–Crippen MR) is 113 cm³/mol. The number of likely N-dealkylation sites (tertiary alicyclic amines) is 1. The Morgan fingerprint density at radius 2 is 2.00 bits per heavy atom. The highest BCUT2D eigenvalue weighted by Crippen LogP contribution is 2.30. The van der Waals surface area contributed by atoms with Gasteiger partial charge in [0.25, 0.3) is 0 Å². The Bertz CT molecular complexity index is 1020. The molecular weight excluding hydrogens is 386 g/mol. The van der Waals surface area contributed by atoms with Crippen LogP contribution in [0.25, 0.3) is 11.0 Å². The summed E-state index contributed by atoms with van der Waals surface area (Å²) in [4.78, 5) is 38.7. The minimum atomic E-state index is -0.701. The molecule has 0 aliphatic carbocycles. The predicted octanol–water partition coefficient (Wildman–Crippen LogP) is 4.36. The van der Waals surface area contributed by atoms with Gasteiger partial charge in [-0.1, -0.05) is 13.3 Å². The van der Waals surface area contributed by atoms with Crippen LogP contribution in [0.3, 0.4) is 0 Å². The van der Waals surface area contributed by atoms with Crippen molar-refractivity contribution in [1.82, 2.24) is 4.90 Å². The van der Waals surface area contributed by atoms with Crippen LogP contribution in [0, 0.1) is 6.92 Å². The molecule has 1 saturated heterocycles. The summed E-state index contributed by atoms with van der Waals surface area (Å²) in [7, 11) is 0. The third kappa shape index (κ3) is 4.66. The quantitative estimate of drug-likeness (QED) is 0.419. The third-order valence-electron chi connectivity index (χ3n) is 5.08. The summed E-state index contributed by atoms with van der Waals surface area (Å²) in [5.74, 6) is -0.201. The van der Waals surface area contributed by atoms with Gasteiger partial charge in [-0.25, -0.2) is 14.4 Å². The topological polar surface area (TPSA) is 86.0 Å². The lowest BCUT2D eigenvalue weighted by atomic mass is 10.0. The van der Waals surface area contributed by atoms with E-state index in [1.807, 2.05) is 6.92 Å². The van der Waals surface area contributed by atoms with Gasteiger partial charge >= 0.3 is 17.7 Å². The van der Waals surface area contributed by atoms with Gasteiger partial charge in [0.05, 0.1) is 0 Å². The normalized spacial score (nSPS) is 16.7. The van der Waals surface area contributed by atoms with Crippen LogP contribution in [-0.2, 0) is 16.0 Å². The number of nitrogens with zero attached hydrogens (tertiary/aromatic N) is 1. The minimum Gasteiger partial charge on any atom is -0.444 e. The molecule has 1 aliphatic rings. The second-order valence-electron chi connectivity index (χ2n) is 8.66. The Morgan fingerprint density at radius 3 is 2.67 bits per heavy atom. The summed E-state index contributed by atoms with van der Waals surface area (Å²) in [5, 5.41) is 0.838. The molecular formula is C23H29NO6. The van der Waals surface area contributed by atoms with E-state index in [0.29, 0.717) is 36.3 Å². The molecule has 0 radical (unpaired) electrons. The van der Waals surface area contributed by atoms with Crippen LogP contribution in [-0.4, -0.2) is 35.2 Å². The highest BCUT2D eigenvalue weighted by Gasteiger charge is 2.38. The lowest BCUT2D eigenvalue weighted by Crippen LogP contribution is -2.44. The molecule has 3 rings (SSSR count). The fourth-order valence-electron chi connectivity index (χ4n) is 3.72. The van der Waals surface area contributed by atoms with Gasteiger partial charge in [0.1, 0.15) is 23.0 Å². The molecule has 1 aliphatic heterocycles. The molecule has 0 saturated carbocycles. The van der Waals surface area contributed by atoms with Crippen molar-refractivity contribution in [3.05, 3.63) is 39.7 Å². The van der Waals surface area contributed by atoms with E-state index < -0.39 is 29.3 Å². The molecule has 0 bridgehead atoms. The Labute approximate surface area is 175 Å². The van der Waals surface area contributed by atoms with E-state index in [-0.39, 0.29) is 0 Å². The molecule has 2 aromatic rings. The van der Waals surface area contributed by atoms with Gasteiger partial charge in [0.2, 0.25) is 0 Å². The van der Waals surface area contributed by atoms with E-state index in [1.54, 1.807) is 39.8 Å². The second kappa shape index (κ2) is 8.50. The first-order valence-electron chi connectivity index (χ1n) is 10.4. The van der Waals surface area contributed by atoms with Gasteiger partial charge in [0, 0.05) is 23.6 Å². The second-order valence-corrected chi connectivity index (χ2v) is 8.66. The zero-order valence-electron chi connectivity index (χ0n) is 18.2. The number of fused-ring (bicyclic) bond motifs is 1. The lowest BCUT2D eigenvalue weighted by Gasteiger charge is -2.27. The monoisotopic (exact) mass is 415 g/mol. The van der Waals surface area contributed by atoms with Crippen LogP contribution in [0.4, 0.5) is 4.79 Å². The van der Waals surface area contributed by atoms with E-state index in [1.165, 1.54) is 11.0 Å². The molecule has 30 heavy (non-hydrogen) atoms. The standard InChI is InChI=1S/C23H29NO6/c1-6-8-15-13-19(25)29-20-14(2)18(11-10-16(15)20)28-21(26)17-9-7-12-24(17)22(27)30-23(3,4)5/h10-11,13,17H,6-9,12H2,1-5H3. The van der Waals surface area contributed by atoms with Crippen LogP contribution in [0.15, 0.2) is 27.4 Å². The minimum absolute atomic E-state index is 0.320. The number of carbonyl (C=O) groups excluding carboxylic acids is 2. The van der Waals surface area contributed by atoms with Crippen LogP contribution in [0.5, 0.6) is 5.75 Å². The summed E-state index contributed by atoms with van der Waals surface area (Å²) in [5.41, 5.74) is 0.849. The van der Waals surface area contributed by atoms with Gasteiger partial charge in [-0.3, -0.25) is 4.90 Å². The van der Waals surface area contributed by atoms with Gasteiger partial charge < -0.3 is 13.9 Å². The fourth-order valence-corrected chi connectivity index (χ4v) is 3.72. The summed E-state index contributed by atoms with van der Waals surface area (Å²) >= 11 is 0. The molecule has 7 heteroatoms. The molecule has 1 amide bonds. The maximum atomic E-state index is 12.9. The molecule has 162 valence electrons.